The van der Waals surface area contributed by atoms with Gasteiger partial charge in [-0.1, -0.05) is 20.8 Å². The van der Waals surface area contributed by atoms with Gasteiger partial charge in [0.25, 0.3) is 0 Å². The number of hydrogen-bond acceptors (Lipinski definition) is 5. The number of nitrogens with two attached hydrogens (primary N) is 1. The smallest absolute Gasteiger partial charge is 0.180 e. The number of aromatic nitrogens is 1. The molecule has 1 aliphatic rings. The Balaban J connectivity index is 2.02. The monoisotopic (exact) mass is 297 g/mol. The Morgan fingerprint density at radius 1 is 1.50 bits per heavy atom. The minimum atomic E-state index is 0.224. The molecule has 0 aliphatic heterocycles. The molecule has 114 valence electrons. The van der Waals surface area contributed by atoms with Gasteiger partial charge in [-0.15, -0.1) is 11.3 Å². The van der Waals surface area contributed by atoms with Gasteiger partial charge in [-0.25, -0.2) is 4.98 Å². The molecular weight excluding hydrogens is 270 g/mol. The van der Waals surface area contributed by atoms with Crippen molar-refractivity contribution in [3.8, 4) is 0 Å². The highest BCUT2D eigenvalue weighted by molar-refractivity contribution is 7.15. The fourth-order valence-electron chi connectivity index (χ4n) is 3.20. The van der Waals surface area contributed by atoms with Crippen LogP contribution in [0.2, 0.25) is 0 Å². The maximum atomic E-state index is 5.85. The van der Waals surface area contributed by atoms with Crippen LogP contribution in [0.15, 0.2) is 6.20 Å². The summed E-state index contributed by atoms with van der Waals surface area (Å²) in [5.41, 5.74) is 5.96. The van der Waals surface area contributed by atoms with Gasteiger partial charge in [-0.05, 0) is 26.3 Å². The molecule has 5 heteroatoms. The first kappa shape index (κ1) is 15.7. The van der Waals surface area contributed by atoms with Gasteiger partial charge >= 0.3 is 0 Å². The molecule has 0 saturated heterocycles. The van der Waals surface area contributed by atoms with Gasteiger partial charge in [-0.3, -0.25) is 4.90 Å². The van der Waals surface area contributed by atoms with Crippen molar-refractivity contribution >= 4 is 16.5 Å². The van der Waals surface area contributed by atoms with Crippen molar-refractivity contribution in [1.82, 2.24) is 9.88 Å². The van der Waals surface area contributed by atoms with Crippen molar-refractivity contribution in [1.29, 1.82) is 0 Å². The third-order valence-electron chi connectivity index (χ3n) is 4.38. The Morgan fingerprint density at radius 3 is 2.75 bits per heavy atom. The second kappa shape index (κ2) is 6.41. The third-order valence-corrected chi connectivity index (χ3v) is 5.19. The lowest BCUT2D eigenvalue weighted by Gasteiger charge is -2.56. The van der Waals surface area contributed by atoms with Crippen LogP contribution in [0.3, 0.4) is 0 Å². The average Bonchev–Trinajstić information content (AvgIpc) is 2.79. The number of nitrogen functional groups attached to an aromatic ring is 1. The molecule has 1 fully saturated rings. The van der Waals surface area contributed by atoms with E-state index in [0.717, 1.165) is 26.1 Å². The molecule has 0 aromatic carbocycles. The summed E-state index contributed by atoms with van der Waals surface area (Å²) in [6.45, 7) is 11.8. The molecule has 1 aliphatic carbocycles. The molecule has 0 spiro atoms. The van der Waals surface area contributed by atoms with E-state index >= 15 is 0 Å². The predicted octanol–water partition coefficient (Wildman–Crippen LogP) is 3.14. The van der Waals surface area contributed by atoms with Crippen molar-refractivity contribution < 1.29 is 4.74 Å². The van der Waals surface area contributed by atoms with Crippen molar-refractivity contribution in [2.75, 3.05) is 18.9 Å². The highest BCUT2D eigenvalue weighted by Crippen LogP contribution is 2.46. The third kappa shape index (κ3) is 3.15. The van der Waals surface area contributed by atoms with Gasteiger partial charge in [0.15, 0.2) is 5.13 Å². The van der Waals surface area contributed by atoms with Crippen LogP contribution in [0.4, 0.5) is 5.13 Å². The fourth-order valence-corrected chi connectivity index (χ4v) is 3.91. The molecule has 2 unspecified atom stereocenters. The molecule has 20 heavy (non-hydrogen) atoms. The van der Waals surface area contributed by atoms with Gasteiger partial charge in [0, 0.05) is 35.7 Å². The molecule has 0 radical (unpaired) electrons. The molecule has 1 aromatic heterocycles. The number of hydrogen-bond donors (Lipinski definition) is 1. The average molecular weight is 297 g/mol. The number of thiazole rings is 1. The van der Waals surface area contributed by atoms with E-state index in [2.05, 4.69) is 37.6 Å². The largest absolute Gasteiger partial charge is 0.378 e. The zero-order valence-corrected chi connectivity index (χ0v) is 13.9. The van der Waals surface area contributed by atoms with Crippen molar-refractivity contribution in [2.45, 2.75) is 59.2 Å². The van der Waals surface area contributed by atoms with Gasteiger partial charge in [0.05, 0.1) is 6.10 Å². The van der Waals surface area contributed by atoms with Crippen LogP contribution in [0.1, 0.15) is 45.4 Å². The summed E-state index contributed by atoms with van der Waals surface area (Å²) in [6.07, 6.45) is 4.60. The topological polar surface area (TPSA) is 51.4 Å². The number of rotatable bonds is 7. The SMILES string of the molecule is CCCN(Cc1cnc(N)s1)C1CC(OCC)C1(C)C. The molecule has 2 N–H and O–H groups in total. The quantitative estimate of drug-likeness (QED) is 0.840. The Bertz CT molecular complexity index is 433. The van der Waals surface area contributed by atoms with E-state index in [0.29, 0.717) is 17.3 Å². The normalized spacial score (nSPS) is 24.9. The zero-order valence-electron chi connectivity index (χ0n) is 13.1. The van der Waals surface area contributed by atoms with Crippen molar-refractivity contribution in [2.24, 2.45) is 5.41 Å². The van der Waals surface area contributed by atoms with Gasteiger partial charge in [0.1, 0.15) is 0 Å². The first-order chi connectivity index (χ1) is 9.48. The van der Waals surface area contributed by atoms with E-state index in [9.17, 15) is 0 Å². The molecule has 2 atom stereocenters. The second-order valence-electron chi connectivity index (χ2n) is 6.15. The maximum Gasteiger partial charge on any atom is 0.180 e. The highest BCUT2D eigenvalue weighted by atomic mass is 32.1. The predicted molar refractivity (Wildman–Crippen MR) is 84.8 cm³/mol. The summed E-state index contributed by atoms with van der Waals surface area (Å²) in [6, 6.07) is 0.585. The zero-order chi connectivity index (χ0) is 14.8. The van der Waals surface area contributed by atoms with E-state index in [1.807, 2.05) is 6.20 Å². The van der Waals surface area contributed by atoms with E-state index < -0.39 is 0 Å². The van der Waals surface area contributed by atoms with Gasteiger partial charge < -0.3 is 10.5 Å². The van der Waals surface area contributed by atoms with Crippen LogP contribution < -0.4 is 5.73 Å². The Kier molecular flexibility index (Phi) is 5.04. The van der Waals surface area contributed by atoms with Crippen LogP contribution in [0.25, 0.3) is 0 Å². The summed E-state index contributed by atoms with van der Waals surface area (Å²) in [5.74, 6) is 0. The van der Waals surface area contributed by atoms with E-state index in [1.54, 1.807) is 11.3 Å². The lowest BCUT2D eigenvalue weighted by atomic mass is 9.63. The molecule has 4 nitrogen and oxygen atoms in total. The molecule has 1 saturated carbocycles. The summed E-state index contributed by atoms with van der Waals surface area (Å²) in [4.78, 5) is 7.99. The van der Waals surface area contributed by atoms with Crippen LogP contribution >= 0.6 is 11.3 Å². The van der Waals surface area contributed by atoms with Crippen molar-refractivity contribution in [3.05, 3.63) is 11.1 Å². The van der Waals surface area contributed by atoms with Crippen LogP contribution in [-0.2, 0) is 11.3 Å². The number of anilines is 1. The highest BCUT2D eigenvalue weighted by Gasteiger charge is 2.51. The number of nitrogens with zero attached hydrogens (tertiary/aromatic N) is 2. The second-order valence-corrected chi connectivity index (χ2v) is 7.30. The minimum absolute atomic E-state index is 0.224. The van der Waals surface area contributed by atoms with Crippen LogP contribution in [-0.4, -0.2) is 35.2 Å². The lowest BCUT2D eigenvalue weighted by molar-refractivity contribution is -0.151. The molecule has 1 heterocycles. The Labute approximate surface area is 126 Å². The van der Waals surface area contributed by atoms with Crippen molar-refractivity contribution in [3.63, 3.8) is 0 Å². The summed E-state index contributed by atoms with van der Waals surface area (Å²) < 4.78 is 5.85. The Hall–Kier alpha value is -0.650. The Morgan fingerprint density at radius 2 is 2.25 bits per heavy atom. The standard InChI is InChI=1S/C15H27N3OS/c1-5-7-18(10-11-9-17-14(16)20-11)12-8-13(19-6-2)15(12,3)4/h9,12-13H,5-8,10H2,1-4H3,(H2,16,17). The molecule has 0 amide bonds. The summed E-state index contributed by atoms with van der Waals surface area (Å²) in [7, 11) is 0. The van der Waals surface area contributed by atoms with Crippen LogP contribution in [0.5, 0.6) is 0 Å². The molecule has 1 aromatic rings. The molecule has 0 bridgehead atoms. The molecule has 2 rings (SSSR count). The van der Waals surface area contributed by atoms with E-state index in [4.69, 9.17) is 10.5 Å². The number of ether oxygens (including phenoxy) is 1. The van der Waals surface area contributed by atoms with E-state index in [1.165, 1.54) is 11.3 Å². The van der Waals surface area contributed by atoms with Gasteiger partial charge in [-0.2, -0.15) is 0 Å². The fraction of sp³-hybridized carbons (Fsp3) is 0.800. The summed E-state index contributed by atoms with van der Waals surface area (Å²) in [5, 5.41) is 0.663. The lowest BCUT2D eigenvalue weighted by Crippen LogP contribution is -2.61. The maximum absolute atomic E-state index is 5.85. The minimum Gasteiger partial charge on any atom is -0.378 e. The first-order valence-electron chi connectivity index (χ1n) is 7.54. The molecular formula is C15H27N3OS. The van der Waals surface area contributed by atoms with E-state index in [-0.39, 0.29) is 5.41 Å². The van der Waals surface area contributed by atoms with Crippen LogP contribution in [0, 0.1) is 5.41 Å². The summed E-state index contributed by atoms with van der Waals surface area (Å²) >= 11 is 1.60. The van der Waals surface area contributed by atoms with Gasteiger partial charge in [0.2, 0.25) is 0 Å². The first-order valence-corrected chi connectivity index (χ1v) is 8.36.